The molecule has 1 aromatic rings. The Morgan fingerprint density at radius 2 is 2.10 bits per heavy atom. The van der Waals surface area contributed by atoms with Crippen LogP contribution in [0.15, 0.2) is 22.7 Å². The van der Waals surface area contributed by atoms with Crippen molar-refractivity contribution in [1.82, 2.24) is 10.6 Å². The number of nitrogens with one attached hydrogen (secondary N) is 3. The van der Waals surface area contributed by atoms with Crippen LogP contribution in [-0.2, 0) is 4.79 Å². The van der Waals surface area contributed by atoms with Crippen molar-refractivity contribution < 1.29 is 14.0 Å². The third-order valence-electron chi connectivity index (χ3n) is 2.47. The van der Waals surface area contributed by atoms with Crippen molar-refractivity contribution in [2.45, 2.75) is 26.3 Å². The molecule has 0 spiro atoms. The number of halogens is 2. The van der Waals surface area contributed by atoms with Crippen molar-refractivity contribution in [2.24, 2.45) is 0 Å². The summed E-state index contributed by atoms with van der Waals surface area (Å²) in [6.45, 7) is 4.09. The van der Waals surface area contributed by atoms with E-state index in [1.54, 1.807) is 6.92 Å². The van der Waals surface area contributed by atoms with Crippen LogP contribution < -0.4 is 16.0 Å². The van der Waals surface area contributed by atoms with E-state index in [-0.39, 0.29) is 5.91 Å². The molecule has 0 aliphatic heterocycles. The maximum absolute atomic E-state index is 12.9. The van der Waals surface area contributed by atoms with E-state index in [1.807, 2.05) is 6.92 Å². The number of urea groups is 1. The number of hydrogen-bond donors (Lipinski definition) is 3. The summed E-state index contributed by atoms with van der Waals surface area (Å²) in [5.74, 6) is -0.657. The lowest BCUT2D eigenvalue weighted by Crippen LogP contribution is -2.46. The van der Waals surface area contributed by atoms with Crippen LogP contribution >= 0.6 is 15.9 Å². The first kappa shape index (κ1) is 16.4. The highest BCUT2D eigenvalue weighted by Crippen LogP contribution is 2.22. The largest absolute Gasteiger partial charge is 0.354 e. The van der Waals surface area contributed by atoms with Crippen LogP contribution in [0.4, 0.5) is 14.9 Å². The van der Waals surface area contributed by atoms with Crippen LogP contribution in [-0.4, -0.2) is 24.5 Å². The summed E-state index contributed by atoms with van der Waals surface area (Å²) < 4.78 is 13.3. The van der Waals surface area contributed by atoms with Gasteiger partial charge in [-0.15, -0.1) is 0 Å². The molecule has 0 saturated heterocycles. The lowest BCUT2D eigenvalue weighted by atomic mass is 10.3. The van der Waals surface area contributed by atoms with E-state index in [9.17, 15) is 14.0 Å². The summed E-state index contributed by atoms with van der Waals surface area (Å²) in [5, 5.41) is 7.72. The molecule has 0 radical (unpaired) electrons. The van der Waals surface area contributed by atoms with Gasteiger partial charge in [0, 0.05) is 11.0 Å². The molecular formula is C13H17BrFN3O2. The van der Waals surface area contributed by atoms with Crippen molar-refractivity contribution in [3.05, 3.63) is 28.5 Å². The quantitative estimate of drug-likeness (QED) is 0.767. The monoisotopic (exact) mass is 345 g/mol. The van der Waals surface area contributed by atoms with Gasteiger partial charge in [0.15, 0.2) is 0 Å². The standard InChI is InChI=1S/C13H17BrFN3O2/c1-3-6-16-12(19)8(2)17-13(20)18-11-5-4-9(15)7-10(11)14/h4-5,7-8H,3,6H2,1-2H3,(H,16,19)(H2,17,18,20)/t8-/m0/s1. The van der Waals surface area contributed by atoms with Gasteiger partial charge in [0.2, 0.25) is 5.91 Å². The molecule has 7 heteroatoms. The third kappa shape index (κ3) is 5.16. The Balaban J connectivity index is 2.52. The molecule has 5 nitrogen and oxygen atoms in total. The molecule has 0 bridgehead atoms. The molecule has 0 unspecified atom stereocenters. The minimum atomic E-state index is -0.652. The number of benzene rings is 1. The lowest BCUT2D eigenvalue weighted by molar-refractivity contribution is -0.122. The number of hydrogen-bond acceptors (Lipinski definition) is 2. The fraction of sp³-hybridized carbons (Fsp3) is 0.385. The number of carbonyl (C=O) groups excluding carboxylic acids is 2. The van der Waals surface area contributed by atoms with Gasteiger partial charge in [0.05, 0.1) is 5.69 Å². The molecule has 1 atom stereocenters. The van der Waals surface area contributed by atoms with Crippen LogP contribution in [0.2, 0.25) is 0 Å². The first-order valence-electron chi connectivity index (χ1n) is 6.24. The second kappa shape index (κ2) is 7.84. The van der Waals surface area contributed by atoms with E-state index in [1.165, 1.54) is 18.2 Å². The maximum Gasteiger partial charge on any atom is 0.319 e. The molecule has 3 N–H and O–H groups in total. The van der Waals surface area contributed by atoms with E-state index in [0.29, 0.717) is 16.7 Å². The Morgan fingerprint density at radius 3 is 2.70 bits per heavy atom. The molecule has 0 saturated carbocycles. The first-order valence-corrected chi connectivity index (χ1v) is 7.03. The summed E-state index contributed by atoms with van der Waals surface area (Å²) in [4.78, 5) is 23.3. The summed E-state index contributed by atoms with van der Waals surface area (Å²) in [6.07, 6.45) is 0.827. The Hall–Kier alpha value is -1.63. The zero-order valence-electron chi connectivity index (χ0n) is 11.3. The predicted octanol–water partition coefficient (Wildman–Crippen LogP) is 2.62. The van der Waals surface area contributed by atoms with Crippen LogP contribution in [0.3, 0.4) is 0 Å². The molecule has 0 aliphatic rings. The van der Waals surface area contributed by atoms with Crippen molar-refractivity contribution in [1.29, 1.82) is 0 Å². The van der Waals surface area contributed by atoms with Crippen LogP contribution in [0.1, 0.15) is 20.3 Å². The minimum absolute atomic E-state index is 0.250. The van der Waals surface area contributed by atoms with Crippen LogP contribution in [0.5, 0.6) is 0 Å². The van der Waals surface area contributed by atoms with Gasteiger partial charge >= 0.3 is 6.03 Å². The van der Waals surface area contributed by atoms with Gasteiger partial charge in [0.25, 0.3) is 0 Å². The Kier molecular flexibility index (Phi) is 6.44. The molecule has 20 heavy (non-hydrogen) atoms. The SMILES string of the molecule is CCCNC(=O)[C@H](C)NC(=O)Nc1ccc(F)cc1Br. The summed E-state index contributed by atoms with van der Waals surface area (Å²) in [6, 6.07) is 2.73. The molecule has 1 aromatic carbocycles. The summed E-state index contributed by atoms with van der Waals surface area (Å²) in [7, 11) is 0. The Bertz CT molecular complexity index is 497. The molecule has 3 amide bonds. The summed E-state index contributed by atoms with van der Waals surface area (Å²) >= 11 is 3.14. The fourth-order valence-electron chi connectivity index (χ4n) is 1.41. The van der Waals surface area contributed by atoms with Crippen molar-refractivity contribution in [3.63, 3.8) is 0 Å². The van der Waals surface area contributed by atoms with Crippen molar-refractivity contribution >= 4 is 33.6 Å². The molecule has 110 valence electrons. The molecular weight excluding hydrogens is 329 g/mol. The number of rotatable bonds is 5. The highest BCUT2D eigenvalue weighted by Gasteiger charge is 2.15. The zero-order chi connectivity index (χ0) is 15.1. The lowest BCUT2D eigenvalue weighted by Gasteiger charge is -2.15. The van der Waals surface area contributed by atoms with Gasteiger partial charge in [-0.05, 0) is 47.5 Å². The number of amides is 3. The topological polar surface area (TPSA) is 70.2 Å². The normalized spacial score (nSPS) is 11.6. The van der Waals surface area contributed by atoms with Gasteiger partial charge in [-0.2, -0.15) is 0 Å². The smallest absolute Gasteiger partial charge is 0.319 e. The summed E-state index contributed by atoms with van der Waals surface area (Å²) in [5.41, 5.74) is 0.421. The first-order chi connectivity index (χ1) is 9.43. The van der Waals surface area contributed by atoms with E-state index in [2.05, 4.69) is 31.9 Å². The molecule has 0 heterocycles. The van der Waals surface area contributed by atoms with Gasteiger partial charge in [0.1, 0.15) is 11.9 Å². The average molecular weight is 346 g/mol. The van der Waals surface area contributed by atoms with E-state index in [4.69, 9.17) is 0 Å². The number of anilines is 1. The van der Waals surface area contributed by atoms with E-state index in [0.717, 1.165) is 6.42 Å². The Labute approximate surface area is 125 Å². The Morgan fingerprint density at radius 1 is 1.40 bits per heavy atom. The van der Waals surface area contributed by atoms with Gasteiger partial charge in [-0.1, -0.05) is 6.92 Å². The van der Waals surface area contributed by atoms with E-state index < -0.39 is 17.9 Å². The molecule has 1 rings (SSSR count). The second-order valence-corrected chi connectivity index (χ2v) is 5.09. The van der Waals surface area contributed by atoms with E-state index >= 15 is 0 Å². The average Bonchev–Trinajstić information content (AvgIpc) is 2.39. The van der Waals surface area contributed by atoms with Crippen molar-refractivity contribution in [2.75, 3.05) is 11.9 Å². The van der Waals surface area contributed by atoms with Gasteiger partial charge in [-0.3, -0.25) is 4.79 Å². The fourth-order valence-corrected chi connectivity index (χ4v) is 1.86. The van der Waals surface area contributed by atoms with Crippen molar-refractivity contribution in [3.8, 4) is 0 Å². The molecule has 0 aromatic heterocycles. The third-order valence-corrected chi connectivity index (χ3v) is 3.13. The van der Waals surface area contributed by atoms with Gasteiger partial charge in [-0.25, -0.2) is 9.18 Å². The minimum Gasteiger partial charge on any atom is -0.354 e. The van der Waals surface area contributed by atoms with Crippen LogP contribution in [0.25, 0.3) is 0 Å². The van der Waals surface area contributed by atoms with Gasteiger partial charge < -0.3 is 16.0 Å². The maximum atomic E-state index is 12.9. The second-order valence-electron chi connectivity index (χ2n) is 4.24. The molecule has 0 aliphatic carbocycles. The highest BCUT2D eigenvalue weighted by molar-refractivity contribution is 9.10. The number of carbonyl (C=O) groups is 2. The predicted molar refractivity (Wildman–Crippen MR) is 79.0 cm³/mol. The highest BCUT2D eigenvalue weighted by atomic mass is 79.9. The zero-order valence-corrected chi connectivity index (χ0v) is 12.9. The molecule has 0 fully saturated rings. The van der Waals surface area contributed by atoms with Crippen LogP contribution in [0, 0.1) is 5.82 Å².